The lowest BCUT2D eigenvalue weighted by Gasteiger charge is -2.33. The van der Waals surface area contributed by atoms with E-state index in [9.17, 15) is 13.2 Å². The second-order valence-electron chi connectivity index (χ2n) is 5.93. The first-order chi connectivity index (χ1) is 9.50. The minimum absolute atomic E-state index is 0.0265. The molecule has 3 atom stereocenters. The molecule has 0 bridgehead atoms. The summed E-state index contributed by atoms with van der Waals surface area (Å²) in [4.78, 5) is 11.8. The average molecular weight is 303 g/mol. The van der Waals surface area contributed by atoms with Gasteiger partial charge in [-0.05, 0) is 39.0 Å². The average Bonchev–Trinajstić information content (AvgIpc) is 2.38. The third-order valence-electron chi connectivity index (χ3n) is 4.23. The minimum atomic E-state index is -2.88. The predicted octanol–water partition coefficient (Wildman–Crippen LogP) is 1.28. The molecule has 5 nitrogen and oxygen atoms in total. The van der Waals surface area contributed by atoms with Crippen LogP contribution in [0.2, 0.25) is 0 Å². The molecule has 2 rings (SSSR count). The number of carbonyl (C=O) groups excluding carboxylic acids is 1. The van der Waals surface area contributed by atoms with Gasteiger partial charge >= 0.3 is 5.97 Å². The molecule has 0 aromatic rings. The monoisotopic (exact) mass is 303 g/mol. The smallest absolute Gasteiger partial charge is 0.308 e. The van der Waals surface area contributed by atoms with Crippen LogP contribution in [0.5, 0.6) is 0 Å². The van der Waals surface area contributed by atoms with Crippen molar-refractivity contribution in [3.63, 3.8) is 0 Å². The summed E-state index contributed by atoms with van der Waals surface area (Å²) >= 11 is 0. The summed E-state index contributed by atoms with van der Waals surface area (Å²) in [5.74, 6) is 0.436. The summed E-state index contributed by atoms with van der Waals surface area (Å²) < 4.78 is 28.4. The van der Waals surface area contributed by atoms with E-state index < -0.39 is 9.84 Å². The van der Waals surface area contributed by atoms with E-state index in [1.165, 1.54) is 0 Å². The Labute approximate surface area is 121 Å². The Hall–Kier alpha value is -0.620. The normalized spacial score (nSPS) is 33.5. The molecule has 116 valence electrons. The van der Waals surface area contributed by atoms with E-state index in [2.05, 4.69) is 5.32 Å². The van der Waals surface area contributed by atoms with Gasteiger partial charge in [-0.3, -0.25) is 4.79 Å². The molecule has 0 aromatic carbocycles. The number of sulfone groups is 1. The van der Waals surface area contributed by atoms with Gasteiger partial charge < -0.3 is 10.1 Å². The molecular formula is C14H25NO4S. The molecule has 3 unspecified atom stereocenters. The third-order valence-corrected chi connectivity index (χ3v) is 6.05. The largest absolute Gasteiger partial charge is 0.466 e. The molecule has 0 aromatic heterocycles. The lowest BCUT2D eigenvalue weighted by Crippen LogP contribution is -2.47. The summed E-state index contributed by atoms with van der Waals surface area (Å²) in [6.45, 7) is 2.25. The molecule has 1 aliphatic carbocycles. The summed E-state index contributed by atoms with van der Waals surface area (Å²) in [6.07, 6.45) is 5.34. The highest BCUT2D eigenvalue weighted by Gasteiger charge is 2.31. The highest BCUT2D eigenvalue weighted by molar-refractivity contribution is 7.91. The van der Waals surface area contributed by atoms with Crippen molar-refractivity contribution in [1.82, 2.24) is 5.32 Å². The zero-order valence-corrected chi connectivity index (χ0v) is 13.0. The summed E-state index contributed by atoms with van der Waals surface area (Å²) in [7, 11) is -2.88. The van der Waals surface area contributed by atoms with Crippen molar-refractivity contribution in [3.8, 4) is 0 Å². The van der Waals surface area contributed by atoms with E-state index >= 15 is 0 Å². The lowest BCUT2D eigenvalue weighted by molar-refractivity contribution is -0.149. The van der Waals surface area contributed by atoms with Crippen LogP contribution in [0.25, 0.3) is 0 Å². The summed E-state index contributed by atoms with van der Waals surface area (Å²) in [5.41, 5.74) is 0. The molecule has 1 N–H and O–H groups in total. The SMILES string of the molecule is CCOC(=O)C1CCCC(NC2CCCS(=O)(=O)C2)C1. The molecule has 1 saturated carbocycles. The lowest BCUT2D eigenvalue weighted by atomic mass is 9.85. The molecule has 2 aliphatic rings. The van der Waals surface area contributed by atoms with Crippen LogP contribution in [0.3, 0.4) is 0 Å². The third kappa shape index (κ3) is 4.45. The van der Waals surface area contributed by atoms with E-state index in [1.54, 1.807) is 0 Å². The minimum Gasteiger partial charge on any atom is -0.466 e. The maximum Gasteiger partial charge on any atom is 0.308 e. The molecule has 0 radical (unpaired) electrons. The molecule has 0 amide bonds. The van der Waals surface area contributed by atoms with Crippen LogP contribution < -0.4 is 5.32 Å². The van der Waals surface area contributed by atoms with E-state index in [1.807, 2.05) is 6.92 Å². The fourth-order valence-corrected chi connectivity index (χ4v) is 4.95. The zero-order chi connectivity index (χ0) is 14.6. The van der Waals surface area contributed by atoms with Crippen molar-refractivity contribution in [2.24, 2.45) is 5.92 Å². The number of rotatable bonds is 4. The second kappa shape index (κ2) is 6.89. The molecular weight excluding hydrogens is 278 g/mol. The van der Waals surface area contributed by atoms with Gasteiger partial charge in [0.25, 0.3) is 0 Å². The Balaban J connectivity index is 1.85. The first kappa shape index (κ1) is 15.8. The summed E-state index contributed by atoms with van der Waals surface area (Å²) in [6, 6.07) is 0.302. The molecule has 20 heavy (non-hydrogen) atoms. The van der Waals surface area contributed by atoms with Gasteiger partial charge in [0, 0.05) is 12.1 Å². The molecule has 1 aliphatic heterocycles. The van der Waals surface area contributed by atoms with Crippen LogP contribution in [0.4, 0.5) is 0 Å². The Morgan fingerprint density at radius 3 is 2.65 bits per heavy atom. The highest BCUT2D eigenvalue weighted by Crippen LogP contribution is 2.26. The fraction of sp³-hybridized carbons (Fsp3) is 0.929. The van der Waals surface area contributed by atoms with E-state index in [0.717, 1.165) is 38.5 Å². The maximum absolute atomic E-state index is 11.8. The van der Waals surface area contributed by atoms with Crippen LogP contribution in [0.1, 0.15) is 45.4 Å². The van der Waals surface area contributed by atoms with Gasteiger partial charge in [0.2, 0.25) is 0 Å². The van der Waals surface area contributed by atoms with Crippen molar-refractivity contribution < 1.29 is 17.9 Å². The second-order valence-corrected chi connectivity index (χ2v) is 8.16. The van der Waals surface area contributed by atoms with Gasteiger partial charge in [0.05, 0.1) is 24.0 Å². The standard InChI is InChI=1S/C14H25NO4S/c1-2-19-14(16)11-5-3-6-12(9-11)15-13-7-4-8-20(17,18)10-13/h11-13,15H,2-10H2,1H3. The van der Waals surface area contributed by atoms with Gasteiger partial charge in [-0.15, -0.1) is 0 Å². The van der Waals surface area contributed by atoms with Crippen LogP contribution in [-0.2, 0) is 19.4 Å². The number of hydrogen-bond donors (Lipinski definition) is 1. The Morgan fingerprint density at radius 1 is 1.20 bits per heavy atom. The molecule has 0 spiro atoms. The molecule has 6 heteroatoms. The number of nitrogens with one attached hydrogen (secondary N) is 1. The zero-order valence-electron chi connectivity index (χ0n) is 12.1. The van der Waals surface area contributed by atoms with Crippen molar-refractivity contribution in [1.29, 1.82) is 0 Å². The molecule has 2 fully saturated rings. The van der Waals surface area contributed by atoms with Gasteiger partial charge in [-0.2, -0.15) is 0 Å². The van der Waals surface area contributed by atoms with Crippen molar-refractivity contribution in [2.75, 3.05) is 18.1 Å². The predicted molar refractivity (Wildman–Crippen MR) is 77.2 cm³/mol. The quantitative estimate of drug-likeness (QED) is 0.792. The van der Waals surface area contributed by atoms with Crippen molar-refractivity contribution in [2.45, 2.75) is 57.5 Å². The Morgan fingerprint density at radius 2 is 1.95 bits per heavy atom. The number of hydrogen-bond acceptors (Lipinski definition) is 5. The summed E-state index contributed by atoms with van der Waals surface area (Å²) in [5, 5.41) is 3.45. The van der Waals surface area contributed by atoms with Crippen LogP contribution in [0.15, 0.2) is 0 Å². The van der Waals surface area contributed by atoms with Crippen molar-refractivity contribution >= 4 is 15.8 Å². The number of esters is 1. The van der Waals surface area contributed by atoms with Gasteiger partial charge in [-0.1, -0.05) is 6.42 Å². The molecule has 1 heterocycles. The van der Waals surface area contributed by atoms with Gasteiger partial charge in [0.15, 0.2) is 9.84 Å². The Bertz CT molecular complexity index is 434. The van der Waals surface area contributed by atoms with Crippen LogP contribution >= 0.6 is 0 Å². The maximum atomic E-state index is 11.8. The van der Waals surface area contributed by atoms with Crippen molar-refractivity contribution in [3.05, 3.63) is 0 Å². The van der Waals surface area contributed by atoms with E-state index in [-0.39, 0.29) is 29.7 Å². The first-order valence-corrected chi connectivity index (χ1v) is 9.45. The fourth-order valence-electron chi connectivity index (χ4n) is 3.30. The van der Waals surface area contributed by atoms with Gasteiger partial charge in [0.1, 0.15) is 0 Å². The van der Waals surface area contributed by atoms with Crippen LogP contribution in [-0.4, -0.2) is 44.6 Å². The molecule has 1 saturated heterocycles. The first-order valence-electron chi connectivity index (χ1n) is 7.63. The number of ether oxygens (including phenoxy) is 1. The Kier molecular flexibility index (Phi) is 5.43. The highest BCUT2D eigenvalue weighted by atomic mass is 32.2. The van der Waals surface area contributed by atoms with Crippen LogP contribution in [0, 0.1) is 5.92 Å². The topological polar surface area (TPSA) is 72.5 Å². The van der Waals surface area contributed by atoms with Gasteiger partial charge in [-0.25, -0.2) is 8.42 Å². The number of carbonyl (C=O) groups is 1. The van der Waals surface area contributed by atoms with E-state index in [0.29, 0.717) is 12.4 Å². The van der Waals surface area contributed by atoms with E-state index in [4.69, 9.17) is 4.74 Å².